The number of aromatic nitrogens is 3. The zero-order valence-corrected chi connectivity index (χ0v) is 19.3. The van der Waals surface area contributed by atoms with Gasteiger partial charge in [0.15, 0.2) is 5.82 Å². The molecule has 3 aromatic rings. The molecule has 0 aliphatic carbocycles. The zero-order valence-electron chi connectivity index (χ0n) is 18.5. The van der Waals surface area contributed by atoms with Gasteiger partial charge >= 0.3 is 5.97 Å². The Morgan fingerprint density at radius 3 is 2.48 bits per heavy atom. The number of nitrogens with zero attached hydrogens (tertiary/aromatic N) is 4. The number of esters is 1. The summed E-state index contributed by atoms with van der Waals surface area (Å²) in [6, 6.07) is 5.70. The van der Waals surface area contributed by atoms with Crippen molar-refractivity contribution in [2.75, 3.05) is 0 Å². The smallest absolute Gasteiger partial charge is 0.308 e. The van der Waals surface area contributed by atoms with Crippen LogP contribution in [-0.2, 0) is 9.53 Å². The van der Waals surface area contributed by atoms with Crippen molar-refractivity contribution in [1.29, 1.82) is 0 Å². The number of fused-ring (bicyclic) bond motifs is 3. The summed E-state index contributed by atoms with van der Waals surface area (Å²) < 4.78 is 21.1. The minimum absolute atomic E-state index is 0.0348. The van der Waals surface area contributed by atoms with E-state index < -0.39 is 11.6 Å². The Labute approximate surface area is 184 Å². The normalized spacial score (nSPS) is 15.7. The molecule has 1 atom stereocenters. The number of carbonyl (C=O) groups excluding carboxylic acids is 1. The fraction of sp³-hybridized carbons (Fsp3) is 0.391. The molecule has 1 aliphatic heterocycles. The van der Waals surface area contributed by atoms with Crippen molar-refractivity contribution in [2.24, 2.45) is 4.99 Å². The lowest BCUT2D eigenvalue weighted by Crippen LogP contribution is -2.25. The zero-order chi connectivity index (χ0) is 22.5. The van der Waals surface area contributed by atoms with Gasteiger partial charge < -0.3 is 4.74 Å². The van der Waals surface area contributed by atoms with Gasteiger partial charge in [-0.25, -0.2) is 4.39 Å². The highest BCUT2D eigenvalue weighted by Gasteiger charge is 2.33. The monoisotopic (exact) mass is 440 g/mol. The summed E-state index contributed by atoms with van der Waals surface area (Å²) in [6.45, 7) is 11.5. The molecule has 1 aromatic carbocycles. The first-order valence-corrected chi connectivity index (χ1v) is 10.9. The summed E-state index contributed by atoms with van der Waals surface area (Å²) in [6.07, 6.45) is 0.0348. The van der Waals surface area contributed by atoms with E-state index in [2.05, 4.69) is 24.0 Å². The van der Waals surface area contributed by atoms with E-state index in [-0.39, 0.29) is 18.2 Å². The van der Waals surface area contributed by atoms with Crippen molar-refractivity contribution in [2.45, 2.75) is 59.6 Å². The van der Waals surface area contributed by atoms with Crippen LogP contribution < -0.4 is 0 Å². The highest BCUT2D eigenvalue weighted by molar-refractivity contribution is 7.15. The van der Waals surface area contributed by atoms with Crippen LogP contribution in [0.2, 0.25) is 0 Å². The van der Waals surface area contributed by atoms with Crippen molar-refractivity contribution in [3.8, 4) is 5.00 Å². The topological polar surface area (TPSA) is 69.4 Å². The minimum atomic E-state index is -0.596. The number of aryl methyl sites for hydroxylation is 2. The van der Waals surface area contributed by atoms with Crippen LogP contribution in [-0.4, -0.2) is 32.0 Å². The van der Waals surface area contributed by atoms with Gasteiger partial charge in [-0.3, -0.25) is 14.4 Å². The van der Waals surface area contributed by atoms with Gasteiger partial charge in [-0.05, 0) is 71.4 Å². The van der Waals surface area contributed by atoms with Gasteiger partial charge in [0.05, 0.1) is 12.1 Å². The summed E-state index contributed by atoms with van der Waals surface area (Å²) in [7, 11) is 0. The number of halogens is 1. The highest BCUT2D eigenvalue weighted by atomic mass is 32.1. The molecular weight excluding hydrogens is 415 g/mol. The Morgan fingerprint density at radius 1 is 1.16 bits per heavy atom. The molecule has 0 bridgehead atoms. The summed E-state index contributed by atoms with van der Waals surface area (Å²) in [4.78, 5) is 18.8. The highest BCUT2D eigenvalue weighted by Crippen LogP contribution is 2.39. The Kier molecular flexibility index (Phi) is 5.29. The van der Waals surface area contributed by atoms with E-state index in [1.165, 1.54) is 12.1 Å². The van der Waals surface area contributed by atoms with E-state index >= 15 is 0 Å². The van der Waals surface area contributed by atoms with E-state index in [9.17, 15) is 9.18 Å². The molecule has 0 fully saturated rings. The second kappa shape index (κ2) is 7.67. The Morgan fingerprint density at radius 2 is 1.84 bits per heavy atom. The van der Waals surface area contributed by atoms with Gasteiger partial charge in [0, 0.05) is 16.0 Å². The molecule has 0 radical (unpaired) electrons. The largest absolute Gasteiger partial charge is 0.460 e. The van der Waals surface area contributed by atoms with Gasteiger partial charge in [-0.1, -0.05) is 0 Å². The summed E-state index contributed by atoms with van der Waals surface area (Å²) in [5.74, 6) is 0.657. The maximum atomic E-state index is 13.6. The predicted octanol–water partition coefficient (Wildman–Crippen LogP) is 5.02. The van der Waals surface area contributed by atoms with Crippen LogP contribution in [0.4, 0.5) is 4.39 Å². The molecule has 0 saturated carbocycles. The number of benzene rings is 1. The average Bonchev–Trinajstić information content (AvgIpc) is 3.14. The number of thiophene rings is 1. The average molecular weight is 441 g/mol. The first kappa shape index (κ1) is 21.4. The molecule has 8 heteroatoms. The fourth-order valence-corrected chi connectivity index (χ4v) is 4.89. The second-order valence-electron chi connectivity index (χ2n) is 8.70. The van der Waals surface area contributed by atoms with Crippen molar-refractivity contribution >= 4 is 23.0 Å². The first-order chi connectivity index (χ1) is 14.5. The standard InChI is InChI=1S/C23H25FN4O2S/c1-12-13(2)31-22-19(12)20(15-7-9-16(24)10-8-15)25-17(11-18(29)30-23(4,5)6)21-27-26-14(3)28(21)22/h7-10,17H,11H2,1-6H3/t17-/m0/s1. The van der Waals surface area contributed by atoms with Gasteiger partial charge in [0.2, 0.25) is 0 Å². The van der Waals surface area contributed by atoms with Gasteiger partial charge in [-0.15, -0.1) is 21.5 Å². The molecule has 4 rings (SSSR count). The van der Waals surface area contributed by atoms with Crippen molar-refractivity contribution in [3.05, 3.63) is 63.3 Å². The quantitative estimate of drug-likeness (QED) is 0.537. The number of carbonyl (C=O) groups is 1. The molecule has 1 aliphatic rings. The summed E-state index contributed by atoms with van der Waals surface area (Å²) >= 11 is 1.64. The third-order valence-electron chi connectivity index (χ3n) is 5.14. The van der Waals surface area contributed by atoms with Crippen LogP contribution in [0.3, 0.4) is 0 Å². The molecular formula is C23H25FN4O2S. The molecule has 162 valence electrons. The van der Waals surface area contributed by atoms with Crippen LogP contribution in [0.1, 0.15) is 66.5 Å². The second-order valence-corrected chi connectivity index (χ2v) is 9.90. The molecule has 31 heavy (non-hydrogen) atoms. The van der Waals surface area contributed by atoms with Crippen molar-refractivity contribution in [1.82, 2.24) is 14.8 Å². The van der Waals surface area contributed by atoms with Gasteiger partial charge in [0.1, 0.15) is 28.3 Å². The SMILES string of the molecule is Cc1sc2c(c1C)C(c1ccc(F)cc1)=N[C@@H](CC(=O)OC(C)(C)C)c1nnc(C)n1-2. The maximum absolute atomic E-state index is 13.6. The number of hydrogen-bond acceptors (Lipinski definition) is 6. The van der Waals surface area contributed by atoms with Crippen molar-refractivity contribution < 1.29 is 13.9 Å². The first-order valence-electron chi connectivity index (χ1n) is 10.1. The van der Waals surface area contributed by atoms with E-state index in [0.717, 1.165) is 38.1 Å². The fourth-order valence-electron chi connectivity index (χ4n) is 3.67. The van der Waals surface area contributed by atoms with E-state index in [4.69, 9.17) is 9.73 Å². The molecule has 0 N–H and O–H groups in total. The van der Waals surface area contributed by atoms with Crippen molar-refractivity contribution in [3.63, 3.8) is 0 Å². The lowest BCUT2D eigenvalue weighted by molar-refractivity contribution is -0.155. The third kappa shape index (κ3) is 4.04. The van der Waals surface area contributed by atoms with Crippen LogP contribution in [0.25, 0.3) is 5.00 Å². The molecule has 6 nitrogen and oxygen atoms in total. The lowest BCUT2D eigenvalue weighted by Gasteiger charge is -2.21. The van der Waals surface area contributed by atoms with E-state index in [1.54, 1.807) is 23.5 Å². The summed E-state index contributed by atoms with van der Waals surface area (Å²) in [5, 5.41) is 9.60. The number of ether oxygens (including phenoxy) is 1. The third-order valence-corrected chi connectivity index (χ3v) is 6.33. The number of hydrogen-bond donors (Lipinski definition) is 0. The van der Waals surface area contributed by atoms with Crippen LogP contribution >= 0.6 is 11.3 Å². The predicted molar refractivity (Wildman–Crippen MR) is 119 cm³/mol. The molecule has 0 spiro atoms. The number of aliphatic imine (C=N–C) groups is 1. The molecule has 0 saturated heterocycles. The molecule has 0 amide bonds. The van der Waals surface area contributed by atoms with Crippen LogP contribution in [0.5, 0.6) is 0 Å². The van der Waals surface area contributed by atoms with Crippen LogP contribution in [0.15, 0.2) is 29.3 Å². The van der Waals surface area contributed by atoms with Gasteiger partial charge in [0.25, 0.3) is 0 Å². The Balaban J connectivity index is 1.91. The van der Waals surface area contributed by atoms with E-state index in [0.29, 0.717) is 5.82 Å². The lowest BCUT2D eigenvalue weighted by atomic mass is 9.99. The minimum Gasteiger partial charge on any atom is -0.460 e. The Hall–Kier alpha value is -2.87. The Bertz CT molecular complexity index is 1190. The maximum Gasteiger partial charge on any atom is 0.308 e. The molecule has 0 unspecified atom stereocenters. The molecule has 2 aromatic heterocycles. The van der Waals surface area contributed by atoms with Gasteiger partial charge in [-0.2, -0.15) is 0 Å². The van der Waals surface area contributed by atoms with E-state index in [1.807, 2.05) is 32.3 Å². The van der Waals surface area contributed by atoms with Crippen LogP contribution in [0, 0.1) is 26.6 Å². The molecule has 3 heterocycles. The number of rotatable bonds is 3. The summed E-state index contributed by atoms with van der Waals surface area (Å²) in [5.41, 5.74) is 2.97.